The molecule has 16 heavy (non-hydrogen) atoms. The van der Waals surface area contributed by atoms with E-state index in [0.717, 1.165) is 18.6 Å². The quantitative estimate of drug-likeness (QED) is 0.735. The van der Waals surface area contributed by atoms with Crippen LogP contribution in [0.5, 0.6) is 11.5 Å². The van der Waals surface area contributed by atoms with Crippen LogP contribution in [0.2, 0.25) is 0 Å². The number of carbonyl (C=O) groups excluding carboxylic acids is 1. The molecule has 0 saturated heterocycles. The minimum absolute atomic E-state index is 0.165. The van der Waals surface area contributed by atoms with Crippen molar-refractivity contribution < 1.29 is 14.3 Å². The smallest absolute Gasteiger partial charge is 0.163 e. The van der Waals surface area contributed by atoms with E-state index in [4.69, 9.17) is 9.47 Å². The van der Waals surface area contributed by atoms with Crippen molar-refractivity contribution >= 4 is 5.78 Å². The van der Waals surface area contributed by atoms with Gasteiger partial charge < -0.3 is 9.47 Å². The van der Waals surface area contributed by atoms with Gasteiger partial charge in [0, 0.05) is 18.4 Å². The number of ether oxygens (including phenoxy) is 2. The van der Waals surface area contributed by atoms with Crippen LogP contribution in [-0.2, 0) is 0 Å². The molecule has 1 aromatic carbocycles. The molecule has 2 rings (SSSR count). The summed E-state index contributed by atoms with van der Waals surface area (Å²) in [6.45, 7) is 3.33. The summed E-state index contributed by atoms with van der Waals surface area (Å²) in [6, 6.07) is 5.42. The second-order valence-electron chi connectivity index (χ2n) is 3.89. The van der Waals surface area contributed by atoms with Gasteiger partial charge in [-0.1, -0.05) is 6.92 Å². The average molecular weight is 220 g/mol. The van der Waals surface area contributed by atoms with Gasteiger partial charge in [0.05, 0.1) is 13.2 Å². The van der Waals surface area contributed by atoms with Crippen molar-refractivity contribution in [2.45, 2.75) is 26.2 Å². The zero-order chi connectivity index (χ0) is 11.4. The first-order valence-electron chi connectivity index (χ1n) is 5.74. The SMILES string of the molecule is CCCC(=O)c1ccc2c(c1)OCCCO2. The highest BCUT2D eigenvalue weighted by atomic mass is 16.5. The molecule has 1 heterocycles. The molecule has 1 aliphatic heterocycles. The summed E-state index contributed by atoms with van der Waals surface area (Å²) in [4.78, 5) is 11.7. The van der Waals surface area contributed by atoms with Crippen LogP contribution in [0.3, 0.4) is 0 Å². The molecule has 1 aliphatic rings. The van der Waals surface area contributed by atoms with Gasteiger partial charge in [-0.3, -0.25) is 4.79 Å². The maximum atomic E-state index is 11.7. The molecule has 0 amide bonds. The number of ketones is 1. The van der Waals surface area contributed by atoms with Crippen LogP contribution < -0.4 is 9.47 Å². The third-order valence-electron chi connectivity index (χ3n) is 2.55. The van der Waals surface area contributed by atoms with Crippen LogP contribution >= 0.6 is 0 Å². The molecule has 0 spiro atoms. The highest BCUT2D eigenvalue weighted by Gasteiger charge is 2.13. The molecular formula is C13H16O3. The molecule has 0 fully saturated rings. The highest BCUT2D eigenvalue weighted by molar-refractivity contribution is 5.96. The van der Waals surface area contributed by atoms with Crippen LogP contribution in [0.1, 0.15) is 36.5 Å². The third kappa shape index (κ3) is 2.35. The fourth-order valence-corrected chi connectivity index (χ4v) is 1.71. The van der Waals surface area contributed by atoms with Gasteiger partial charge in [0.2, 0.25) is 0 Å². The number of carbonyl (C=O) groups is 1. The average Bonchev–Trinajstić information content (AvgIpc) is 2.53. The maximum Gasteiger partial charge on any atom is 0.163 e. The van der Waals surface area contributed by atoms with Gasteiger partial charge in [-0.05, 0) is 24.6 Å². The highest BCUT2D eigenvalue weighted by Crippen LogP contribution is 2.30. The van der Waals surface area contributed by atoms with Crippen molar-refractivity contribution in [1.82, 2.24) is 0 Å². The van der Waals surface area contributed by atoms with Crippen molar-refractivity contribution in [2.24, 2.45) is 0 Å². The summed E-state index contributed by atoms with van der Waals surface area (Å²) in [5.41, 5.74) is 0.714. The molecule has 86 valence electrons. The summed E-state index contributed by atoms with van der Waals surface area (Å²) >= 11 is 0. The fraction of sp³-hybridized carbons (Fsp3) is 0.462. The first-order valence-corrected chi connectivity index (χ1v) is 5.74. The Morgan fingerprint density at radius 3 is 2.75 bits per heavy atom. The number of benzene rings is 1. The molecule has 0 atom stereocenters. The van der Waals surface area contributed by atoms with Gasteiger partial charge in [-0.15, -0.1) is 0 Å². The zero-order valence-electron chi connectivity index (χ0n) is 9.49. The van der Waals surface area contributed by atoms with E-state index in [-0.39, 0.29) is 5.78 Å². The summed E-state index contributed by atoms with van der Waals surface area (Å²) in [6.07, 6.45) is 2.33. The number of hydrogen-bond donors (Lipinski definition) is 0. The van der Waals surface area contributed by atoms with Gasteiger partial charge in [-0.25, -0.2) is 0 Å². The second-order valence-corrected chi connectivity index (χ2v) is 3.89. The lowest BCUT2D eigenvalue weighted by Crippen LogP contribution is -2.00. The van der Waals surface area contributed by atoms with Crippen LogP contribution in [0, 0.1) is 0 Å². The van der Waals surface area contributed by atoms with E-state index in [9.17, 15) is 4.79 Å². The molecule has 1 aromatic rings. The Kier molecular flexibility index (Phi) is 3.44. The van der Waals surface area contributed by atoms with E-state index in [1.54, 1.807) is 6.07 Å². The largest absolute Gasteiger partial charge is 0.490 e. The Bertz CT molecular complexity index is 385. The van der Waals surface area contributed by atoms with E-state index in [1.807, 2.05) is 19.1 Å². The minimum Gasteiger partial charge on any atom is -0.490 e. The van der Waals surface area contributed by atoms with Crippen LogP contribution in [0.15, 0.2) is 18.2 Å². The fourth-order valence-electron chi connectivity index (χ4n) is 1.71. The third-order valence-corrected chi connectivity index (χ3v) is 2.55. The molecule has 0 unspecified atom stereocenters. The van der Waals surface area contributed by atoms with E-state index < -0.39 is 0 Å². The van der Waals surface area contributed by atoms with Crippen molar-refractivity contribution in [3.63, 3.8) is 0 Å². The van der Waals surface area contributed by atoms with Crippen molar-refractivity contribution in [2.75, 3.05) is 13.2 Å². The van der Waals surface area contributed by atoms with Crippen molar-refractivity contribution in [1.29, 1.82) is 0 Å². The predicted octanol–water partition coefficient (Wildman–Crippen LogP) is 2.83. The molecule has 0 N–H and O–H groups in total. The normalized spacial score (nSPS) is 14.3. The summed E-state index contributed by atoms with van der Waals surface area (Å²) in [5, 5.41) is 0. The molecule has 3 heteroatoms. The predicted molar refractivity (Wildman–Crippen MR) is 61.3 cm³/mol. The van der Waals surface area contributed by atoms with Gasteiger partial charge in [0.15, 0.2) is 17.3 Å². The minimum atomic E-state index is 0.165. The Labute approximate surface area is 95.4 Å². The molecule has 3 nitrogen and oxygen atoms in total. The van der Waals surface area contributed by atoms with Crippen LogP contribution in [0.25, 0.3) is 0 Å². The molecule has 0 bridgehead atoms. The van der Waals surface area contributed by atoms with Crippen molar-refractivity contribution in [3.8, 4) is 11.5 Å². The summed E-state index contributed by atoms with van der Waals surface area (Å²) < 4.78 is 11.0. The molecule has 0 aromatic heterocycles. The summed E-state index contributed by atoms with van der Waals surface area (Å²) in [5.74, 6) is 1.60. The van der Waals surface area contributed by atoms with Gasteiger partial charge in [-0.2, -0.15) is 0 Å². The lowest BCUT2D eigenvalue weighted by Gasteiger charge is -2.08. The van der Waals surface area contributed by atoms with Crippen molar-refractivity contribution in [3.05, 3.63) is 23.8 Å². The Morgan fingerprint density at radius 1 is 1.25 bits per heavy atom. The Balaban J connectivity index is 2.23. The van der Waals surface area contributed by atoms with Crippen LogP contribution in [-0.4, -0.2) is 19.0 Å². The molecule has 0 radical (unpaired) electrons. The van der Waals surface area contributed by atoms with Gasteiger partial charge >= 0.3 is 0 Å². The number of hydrogen-bond acceptors (Lipinski definition) is 3. The molecular weight excluding hydrogens is 204 g/mol. The zero-order valence-corrected chi connectivity index (χ0v) is 9.49. The van der Waals surface area contributed by atoms with E-state index >= 15 is 0 Å². The van der Waals surface area contributed by atoms with Crippen LogP contribution in [0.4, 0.5) is 0 Å². The maximum absolute atomic E-state index is 11.7. The van der Waals surface area contributed by atoms with Gasteiger partial charge in [0.25, 0.3) is 0 Å². The first kappa shape index (κ1) is 11.0. The molecule has 0 aliphatic carbocycles. The second kappa shape index (κ2) is 5.01. The first-order chi connectivity index (χ1) is 7.81. The number of rotatable bonds is 3. The Morgan fingerprint density at radius 2 is 2.00 bits per heavy atom. The molecule has 0 saturated carbocycles. The standard InChI is InChI=1S/C13H16O3/c1-2-4-11(14)10-5-6-12-13(9-10)16-8-3-7-15-12/h5-6,9H,2-4,7-8H2,1H3. The van der Waals surface area contributed by atoms with E-state index in [0.29, 0.717) is 30.9 Å². The lowest BCUT2D eigenvalue weighted by atomic mass is 10.1. The lowest BCUT2D eigenvalue weighted by molar-refractivity contribution is 0.0981. The van der Waals surface area contributed by atoms with E-state index in [1.165, 1.54) is 0 Å². The number of Topliss-reactive ketones (excluding diaryl/α,β-unsaturated/α-hetero) is 1. The van der Waals surface area contributed by atoms with Gasteiger partial charge in [0.1, 0.15) is 0 Å². The summed E-state index contributed by atoms with van der Waals surface area (Å²) in [7, 11) is 0. The number of fused-ring (bicyclic) bond motifs is 1. The topological polar surface area (TPSA) is 35.5 Å². The monoisotopic (exact) mass is 220 g/mol. The van der Waals surface area contributed by atoms with E-state index in [2.05, 4.69) is 0 Å². The Hall–Kier alpha value is -1.51.